The summed E-state index contributed by atoms with van der Waals surface area (Å²) in [5.41, 5.74) is 0. The first-order valence-electron chi connectivity index (χ1n) is 42.1. The topological polar surface area (TPSA) is 231 Å². The maximum Gasteiger partial charge on any atom is 0.472 e. The van der Waals surface area contributed by atoms with E-state index in [2.05, 4.69) is 167 Å². The Morgan fingerprint density at radius 1 is 0.271 bits per heavy atom. The standard InChI is InChI=1S/C89H152O16P2/c1-4-7-10-13-16-19-22-25-28-30-32-34-36-38-39-40-41-42-43-45-47-48-50-52-55-57-60-63-66-69-72-75-87(92)99-78-84(90)79-101-106(95,96)102-80-85(91)81-103-107(97,98)104-83-86(105-89(94)77-74-71-68-65-62-59-54-27-24-21-18-15-12-9-6-3)82-100-88(93)76-73-70-67-64-61-58-56-53-51-49-46-44-37-35-33-31-29-26-23-20-17-14-11-8-5-2/h7,10,16-21,25-29,32-35,38-39,41-42,44,46,54,84-86,90-91H,4-6,8-9,11-15,22-24,30-31,36-37,40,43,45,47-53,55-83H2,1-3H3,(H,95,96)(H,97,98)/b10-7-,19-16-,20-17-,21-18-,28-25-,29-26-,34-32-,35-33-,39-38-,42-41-,46-44-,54-27-. The van der Waals surface area contributed by atoms with Gasteiger partial charge in [-0.15, -0.1) is 0 Å². The zero-order chi connectivity index (χ0) is 78.0. The molecule has 0 radical (unpaired) electrons. The second kappa shape index (κ2) is 80.9. The van der Waals surface area contributed by atoms with Gasteiger partial charge < -0.3 is 34.2 Å². The van der Waals surface area contributed by atoms with Crippen LogP contribution in [0.15, 0.2) is 146 Å². The Kier molecular flexibility index (Phi) is 77.5. The molecule has 0 spiro atoms. The minimum Gasteiger partial charge on any atom is -0.463 e. The van der Waals surface area contributed by atoms with Gasteiger partial charge in [0.15, 0.2) is 6.10 Å². The molecular formula is C89H152O16P2. The molecule has 0 saturated heterocycles. The Balaban J connectivity index is 4.52. The number of ether oxygens (including phenoxy) is 3. The highest BCUT2D eigenvalue weighted by Gasteiger charge is 2.29. The van der Waals surface area contributed by atoms with E-state index in [0.29, 0.717) is 19.3 Å². The number of aliphatic hydroxyl groups excluding tert-OH is 2. The van der Waals surface area contributed by atoms with Crippen LogP contribution in [0.2, 0.25) is 0 Å². The van der Waals surface area contributed by atoms with Crippen molar-refractivity contribution < 1.29 is 75.8 Å². The average molecular weight is 1540 g/mol. The zero-order valence-corrected chi connectivity index (χ0v) is 69.1. The molecule has 4 N–H and O–H groups in total. The van der Waals surface area contributed by atoms with E-state index < -0.39 is 91.5 Å². The highest BCUT2D eigenvalue weighted by atomic mass is 31.2. The van der Waals surface area contributed by atoms with Crippen LogP contribution in [0.4, 0.5) is 0 Å². The van der Waals surface area contributed by atoms with Gasteiger partial charge in [-0.3, -0.25) is 32.5 Å². The summed E-state index contributed by atoms with van der Waals surface area (Å²) in [6, 6.07) is 0. The van der Waals surface area contributed by atoms with Crippen molar-refractivity contribution in [2.24, 2.45) is 0 Å². The molecule has 614 valence electrons. The van der Waals surface area contributed by atoms with Crippen molar-refractivity contribution in [2.45, 2.75) is 360 Å². The van der Waals surface area contributed by atoms with E-state index in [1.165, 1.54) is 122 Å². The van der Waals surface area contributed by atoms with E-state index in [0.717, 1.165) is 161 Å². The minimum atomic E-state index is -4.94. The first kappa shape index (κ1) is 102. The molecule has 5 unspecified atom stereocenters. The van der Waals surface area contributed by atoms with Gasteiger partial charge in [0.05, 0.1) is 26.4 Å². The van der Waals surface area contributed by atoms with Gasteiger partial charge in [-0.25, -0.2) is 9.13 Å². The van der Waals surface area contributed by atoms with Gasteiger partial charge in [-0.05, 0) is 148 Å². The van der Waals surface area contributed by atoms with E-state index in [1.807, 2.05) is 0 Å². The molecule has 0 aromatic heterocycles. The molecule has 0 bridgehead atoms. The number of phosphoric acid groups is 2. The Labute approximate surface area is 651 Å². The molecule has 0 amide bonds. The largest absolute Gasteiger partial charge is 0.472 e. The van der Waals surface area contributed by atoms with Crippen LogP contribution in [-0.2, 0) is 55.8 Å². The molecule has 0 aliphatic carbocycles. The van der Waals surface area contributed by atoms with E-state index >= 15 is 0 Å². The fourth-order valence-corrected chi connectivity index (χ4v) is 12.7. The number of hydrogen-bond acceptors (Lipinski definition) is 14. The van der Waals surface area contributed by atoms with E-state index in [4.69, 9.17) is 32.3 Å². The molecular weight excluding hydrogens is 1390 g/mol. The average Bonchev–Trinajstić information content (AvgIpc) is 0.906. The summed E-state index contributed by atoms with van der Waals surface area (Å²) >= 11 is 0. The van der Waals surface area contributed by atoms with Crippen LogP contribution in [0.25, 0.3) is 0 Å². The van der Waals surface area contributed by atoms with Crippen molar-refractivity contribution in [3.8, 4) is 0 Å². The lowest BCUT2D eigenvalue weighted by atomic mass is 10.0. The highest BCUT2D eigenvalue weighted by Crippen LogP contribution is 2.45. The Hall–Kier alpha value is -4.57. The SMILES string of the molecule is CC/C=C\C/C=C\C/C=C\C/C=C\C/C=C\C/C=C\CCCCCCCCCCCCCCC(=O)OCC(O)COP(=O)(O)OCC(O)COP(=O)(O)OCC(COC(=O)CCCCCCCCCCC/C=C\C/C=C\C/C=C\C/C=C\CCCCC)OC(=O)CCCCCCC/C=C\C/C=C\CCCCC. The van der Waals surface area contributed by atoms with Crippen LogP contribution in [0.1, 0.15) is 342 Å². The maximum atomic E-state index is 13.0. The van der Waals surface area contributed by atoms with Crippen molar-refractivity contribution in [3.05, 3.63) is 146 Å². The number of unbranched alkanes of at least 4 members (excludes halogenated alkanes) is 32. The third kappa shape index (κ3) is 82.2. The number of hydrogen-bond donors (Lipinski definition) is 4. The second-order valence-electron chi connectivity index (χ2n) is 27.9. The summed E-state index contributed by atoms with van der Waals surface area (Å²) in [4.78, 5) is 58.8. The van der Waals surface area contributed by atoms with Gasteiger partial charge in [0, 0.05) is 19.3 Å². The molecule has 0 heterocycles. The molecule has 0 rings (SSSR count). The van der Waals surface area contributed by atoms with Crippen molar-refractivity contribution >= 4 is 33.6 Å². The minimum absolute atomic E-state index is 0.0849. The van der Waals surface area contributed by atoms with Crippen LogP contribution in [-0.4, -0.2) is 95.9 Å². The third-order valence-electron chi connectivity index (χ3n) is 17.5. The first-order chi connectivity index (χ1) is 52.2. The molecule has 18 heteroatoms. The fourth-order valence-electron chi connectivity index (χ4n) is 11.1. The van der Waals surface area contributed by atoms with Crippen LogP contribution < -0.4 is 0 Å². The van der Waals surface area contributed by atoms with Crippen molar-refractivity contribution in [1.29, 1.82) is 0 Å². The lowest BCUT2D eigenvalue weighted by Crippen LogP contribution is -2.30. The summed E-state index contributed by atoms with van der Waals surface area (Å²) in [6.07, 6.45) is 100. The smallest absolute Gasteiger partial charge is 0.463 e. The van der Waals surface area contributed by atoms with E-state index in [-0.39, 0.29) is 19.3 Å². The summed E-state index contributed by atoms with van der Waals surface area (Å²) in [5, 5.41) is 20.7. The van der Waals surface area contributed by atoms with Crippen molar-refractivity contribution in [3.63, 3.8) is 0 Å². The number of allylic oxidation sites excluding steroid dienone is 24. The molecule has 16 nitrogen and oxygen atoms in total. The number of aliphatic hydroxyl groups is 2. The Morgan fingerprint density at radius 3 is 0.785 bits per heavy atom. The maximum absolute atomic E-state index is 13.0. The highest BCUT2D eigenvalue weighted by molar-refractivity contribution is 7.47. The molecule has 0 aliphatic heterocycles. The number of phosphoric ester groups is 2. The lowest BCUT2D eigenvalue weighted by Gasteiger charge is -2.21. The predicted octanol–water partition coefficient (Wildman–Crippen LogP) is 25.2. The van der Waals surface area contributed by atoms with Crippen LogP contribution >= 0.6 is 15.6 Å². The molecule has 0 aromatic rings. The van der Waals surface area contributed by atoms with Crippen molar-refractivity contribution in [2.75, 3.05) is 39.6 Å². The van der Waals surface area contributed by atoms with Crippen LogP contribution in [0.3, 0.4) is 0 Å². The predicted molar refractivity (Wildman–Crippen MR) is 445 cm³/mol. The van der Waals surface area contributed by atoms with Gasteiger partial charge in [0.25, 0.3) is 0 Å². The van der Waals surface area contributed by atoms with Crippen LogP contribution in [0.5, 0.6) is 0 Å². The molecule has 0 saturated carbocycles. The Bertz CT molecular complexity index is 2530. The van der Waals surface area contributed by atoms with Gasteiger partial charge in [-0.2, -0.15) is 0 Å². The summed E-state index contributed by atoms with van der Waals surface area (Å²) in [6.45, 7) is 2.51. The number of esters is 3. The molecule has 0 aliphatic rings. The van der Waals surface area contributed by atoms with Gasteiger partial charge in [0.1, 0.15) is 25.4 Å². The summed E-state index contributed by atoms with van der Waals surface area (Å²) in [7, 11) is -9.80. The molecule has 0 fully saturated rings. The van der Waals surface area contributed by atoms with Gasteiger partial charge in [-0.1, -0.05) is 321 Å². The van der Waals surface area contributed by atoms with E-state index in [1.54, 1.807) is 0 Å². The normalized spacial score (nSPS) is 14.6. The Morgan fingerprint density at radius 2 is 0.495 bits per heavy atom. The van der Waals surface area contributed by atoms with Crippen LogP contribution in [0, 0.1) is 0 Å². The molecule has 0 aromatic carbocycles. The lowest BCUT2D eigenvalue weighted by molar-refractivity contribution is -0.161. The van der Waals surface area contributed by atoms with Crippen molar-refractivity contribution in [1.82, 2.24) is 0 Å². The quantitative estimate of drug-likeness (QED) is 0.0146. The number of rotatable bonds is 79. The summed E-state index contributed by atoms with van der Waals surface area (Å²) < 4.78 is 61.2. The van der Waals surface area contributed by atoms with E-state index in [9.17, 15) is 43.5 Å². The third-order valence-corrected chi connectivity index (χ3v) is 19.4. The zero-order valence-electron chi connectivity index (χ0n) is 67.3. The second-order valence-corrected chi connectivity index (χ2v) is 30.8. The fraction of sp³-hybridized carbons (Fsp3) is 0.697. The number of carbonyl (C=O) groups excluding carboxylic acids is 3. The molecule has 5 atom stereocenters. The molecule has 107 heavy (non-hydrogen) atoms. The van der Waals surface area contributed by atoms with Gasteiger partial charge >= 0.3 is 33.6 Å². The van der Waals surface area contributed by atoms with Gasteiger partial charge in [0.2, 0.25) is 0 Å². The monoisotopic (exact) mass is 1540 g/mol. The first-order valence-corrected chi connectivity index (χ1v) is 45.1. The number of carbonyl (C=O) groups is 3. The summed E-state index contributed by atoms with van der Waals surface area (Å²) in [5.74, 6) is -1.60.